The highest BCUT2D eigenvalue weighted by Crippen LogP contribution is 2.19. The van der Waals surface area contributed by atoms with Crippen LogP contribution in [-0.2, 0) is 6.67 Å². The van der Waals surface area contributed by atoms with Crippen molar-refractivity contribution < 1.29 is 4.92 Å². The average Bonchev–Trinajstić information content (AvgIpc) is 2.99. The maximum Gasteiger partial charge on any atom is 0.271 e. The van der Waals surface area contributed by atoms with Gasteiger partial charge in [0.2, 0.25) is 0 Å². The molecule has 2 heterocycles. The maximum absolute atomic E-state index is 10.8. The molecule has 1 aliphatic heterocycles. The Morgan fingerprint density at radius 2 is 2.11 bits per heavy atom. The van der Waals surface area contributed by atoms with Crippen LogP contribution in [0.1, 0.15) is 12.8 Å². The third-order valence-corrected chi connectivity index (χ3v) is 3.24. The molecule has 7 nitrogen and oxygen atoms in total. The topological polar surface area (TPSA) is 77.1 Å². The summed E-state index contributed by atoms with van der Waals surface area (Å²) in [6, 6.07) is 4.63. The molecule has 0 saturated carbocycles. The van der Waals surface area contributed by atoms with Crippen LogP contribution in [0.25, 0.3) is 11.0 Å². The molecule has 0 aliphatic carbocycles. The summed E-state index contributed by atoms with van der Waals surface area (Å²) in [5.41, 5.74) is 1.49. The lowest BCUT2D eigenvalue weighted by Gasteiger charge is -2.14. The normalized spacial score (nSPS) is 16.4. The number of aromatic nitrogens is 3. The van der Waals surface area contributed by atoms with Crippen LogP contribution in [-0.4, -0.2) is 37.9 Å². The minimum Gasteiger partial charge on any atom is -0.284 e. The van der Waals surface area contributed by atoms with Gasteiger partial charge in [-0.05, 0) is 32.0 Å². The van der Waals surface area contributed by atoms with Crippen LogP contribution >= 0.6 is 0 Å². The van der Waals surface area contributed by atoms with Crippen molar-refractivity contribution in [2.24, 2.45) is 0 Å². The molecule has 18 heavy (non-hydrogen) atoms. The Kier molecular flexibility index (Phi) is 2.67. The molecule has 1 saturated heterocycles. The molecular formula is C11H13N5O2. The van der Waals surface area contributed by atoms with E-state index in [2.05, 4.69) is 15.2 Å². The second-order valence-electron chi connectivity index (χ2n) is 4.49. The van der Waals surface area contributed by atoms with Crippen LogP contribution in [0, 0.1) is 10.1 Å². The lowest BCUT2D eigenvalue weighted by Crippen LogP contribution is -2.23. The van der Waals surface area contributed by atoms with Gasteiger partial charge in [-0.25, -0.2) is 4.68 Å². The standard InChI is InChI=1S/C11H13N5O2/c17-16(18)9-3-4-10-11(7-9)15(13-12-10)8-14-5-1-2-6-14/h3-4,7H,1-2,5-6,8H2. The molecule has 1 fully saturated rings. The van der Waals surface area contributed by atoms with Crippen molar-refractivity contribution in [2.75, 3.05) is 13.1 Å². The number of non-ortho nitro benzene ring substituents is 1. The van der Waals surface area contributed by atoms with Crippen LogP contribution in [0.3, 0.4) is 0 Å². The fourth-order valence-corrected chi connectivity index (χ4v) is 2.28. The zero-order valence-corrected chi connectivity index (χ0v) is 9.82. The number of hydrogen-bond acceptors (Lipinski definition) is 5. The lowest BCUT2D eigenvalue weighted by molar-refractivity contribution is -0.384. The molecule has 7 heteroatoms. The average molecular weight is 247 g/mol. The molecule has 0 atom stereocenters. The van der Waals surface area contributed by atoms with Gasteiger partial charge < -0.3 is 0 Å². The van der Waals surface area contributed by atoms with Crippen LogP contribution in [0.4, 0.5) is 5.69 Å². The highest BCUT2D eigenvalue weighted by molar-refractivity contribution is 5.76. The highest BCUT2D eigenvalue weighted by atomic mass is 16.6. The predicted octanol–water partition coefficient (Wildman–Crippen LogP) is 1.39. The fraction of sp³-hybridized carbons (Fsp3) is 0.455. The number of hydrogen-bond donors (Lipinski definition) is 0. The summed E-state index contributed by atoms with van der Waals surface area (Å²) in [6.45, 7) is 2.75. The Morgan fingerprint density at radius 3 is 2.83 bits per heavy atom. The first-order valence-corrected chi connectivity index (χ1v) is 5.94. The third kappa shape index (κ3) is 1.92. The van der Waals surface area contributed by atoms with Crippen molar-refractivity contribution >= 4 is 16.7 Å². The van der Waals surface area contributed by atoms with Crippen LogP contribution < -0.4 is 0 Å². The van der Waals surface area contributed by atoms with E-state index >= 15 is 0 Å². The van der Waals surface area contributed by atoms with Crippen LogP contribution in [0.2, 0.25) is 0 Å². The molecule has 0 bridgehead atoms. The van der Waals surface area contributed by atoms with E-state index in [1.54, 1.807) is 10.7 Å². The van der Waals surface area contributed by atoms with Gasteiger partial charge in [-0.2, -0.15) is 0 Å². The van der Waals surface area contributed by atoms with Gasteiger partial charge in [0.05, 0.1) is 17.1 Å². The van der Waals surface area contributed by atoms with Crippen molar-refractivity contribution in [2.45, 2.75) is 19.5 Å². The SMILES string of the molecule is O=[N+]([O-])c1ccc2nnn(CN3CCCC3)c2c1. The molecule has 2 aromatic rings. The smallest absolute Gasteiger partial charge is 0.271 e. The molecule has 0 unspecified atom stereocenters. The Balaban J connectivity index is 1.95. The first-order chi connectivity index (χ1) is 8.74. The minimum atomic E-state index is -0.396. The van der Waals surface area contributed by atoms with Gasteiger partial charge in [0.15, 0.2) is 0 Å². The van der Waals surface area contributed by atoms with E-state index in [0.717, 1.165) is 18.6 Å². The van der Waals surface area contributed by atoms with Crippen molar-refractivity contribution in [1.29, 1.82) is 0 Å². The van der Waals surface area contributed by atoms with Gasteiger partial charge in [-0.15, -0.1) is 5.10 Å². The van der Waals surface area contributed by atoms with Gasteiger partial charge >= 0.3 is 0 Å². The maximum atomic E-state index is 10.8. The number of rotatable bonds is 3. The Hall–Kier alpha value is -2.02. The van der Waals surface area contributed by atoms with Crippen molar-refractivity contribution in [3.8, 4) is 0 Å². The van der Waals surface area contributed by atoms with Crippen LogP contribution in [0.5, 0.6) is 0 Å². The Bertz CT molecular complexity index is 588. The molecule has 94 valence electrons. The molecule has 1 aromatic carbocycles. The Morgan fingerprint density at radius 1 is 1.33 bits per heavy atom. The van der Waals surface area contributed by atoms with Gasteiger partial charge in [0, 0.05) is 12.1 Å². The molecule has 1 aromatic heterocycles. The number of likely N-dealkylation sites (tertiary alicyclic amines) is 1. The van der Waals surface area contributed by atoms with E-state index in [-0.39, 0.29) is 5.69 Å². The first-order valence-electron chi connectivity index (χ1n) is 5.94. The highest BCUT2D eigenvalue weighted by Gasteiger charge is 2.15. The second kappa shape index (κ2) is 4.34. The number of fused-ring (bicyclic) bond motifs is 1. The summed E-state index contributed by atoms with van der Waals surface area (Å²) >= 11 is 0. The van der Waals surface area contributed by atoms with E-state index < -0.39 is 4.92 Å². The molecule has 1 aliphatic rings. The summed E-state index contributed by atoms with van der Waals surface area (Å²) in [4.78, 5) is 12.6. The van der Waals surface area contributed by atoms with E-state index in [9.17, 15) is 10.1 Å². The van der Waals surface area contributed by atoms with Crippen molar-refractivity contribution in [3.05, 3.63) is 28.3 Å². The molecule has 0 spiro atoms. The zero-order chi connectivity index (χ0) is 12.5. The lowest BCUT2D eigenvalue weighted by atomic mass is 10.3. The largest absolute Gasteiger partial charge is 0.284 e. The Labute approximate surface area is 103 Å². The summed E-state index contributed by atoms with van der Waals surface area (Å²) < 4.78 is 1.73. The summed E-state index contributed by atoms with van der Waals surface area (Å²) in [5.74, 6) is 0. The summed E-state index contributed by atoms with van der Waals surface area (Å²) in [7, 11) is 0. The molecule has 0 N–H and O–H groups in total. The summed E-state index contributed by atoms with van der Waals surface area (Å²) in [6.07, 6.45) is 2.40. The number of benzene rings is 1. The third-order valence-electron chi connectivity index (χ3n) is 3.24. The zero-order valence-electron chi connectivity index (χ0n) is 9.82. The van der Waals surface area contributed by atoms with Crippen molar-refractivity contribution in [3.63, 3.8) is 0 Å². The van der Waals surface area contributed by atoms with Crippen LogP contribution in [0.15, 0.2) is 18.2 Å². The fourth-order valence-electron chi connectivity index (χ4n) is 2.28. The minimum absolute atomic E-state index is 0.0764. The summed E-state index contributed by atoms with van der Waals surface area (Å²) in [5, 5.41) is 18.9. The van der Waals surface area contributed by atoms with Gasteiger partial charge in [0.1, 0.15) is 5.52 Å². The number of nitrogens with zero attached hydrogens (tertiary/aromatic N) is 5. The van der Waals surface area contributed by atoms with E-state index in [4.69, 9.17) is 0 Å². The number of nitro groups is 1. The number of nitro benzene ring substituents is 1. The molecule has 0 amide bonds. The molecule has 3 rings (SSSR count). The van der Waals surface area contributed by atoms with E-state index in [0.29, 0.717) is 12.2 Å². The second-order valence-corrected chi connectivity index (χ2v) is 4.49. The van der Waals surface area contributed by atoms with Gasteiger partial charge in [-0.3, -0.25) is 15.0 Å². The van der Waals surface area contributed by atoms with E-state index in [1.807, 2.05) is 0 Å². The van der Waals surface area contributed by atoms with Crippen molar-refractivity contribution in [1.82, 2.24) is 19.9 Å². The van der Waals surface area contributed by atoms with E-state index in [1.165, 1.54) is 25.0 Å². The monoisotopic (exact) mass is 247 g/mol. The first kappa shape index (κ1) is 11.1. The van der Waals surface area contributed by atoms with Gasteiger partial charge in [-0.1, -0.05) is 5.21 Å². The predicted molar refractivity (Wildman–Crippen MR) is 65.0 cm³/mol. The van der Waals surface area contributed by atoms with Gasteiger partial charge in [0.25, 0.3) is 5.69 Å². The molecular weight excluding hydrogens is 234 g/mol. The quantitative estimate of drug-likeness (QED) is 0.605. The molecule has 0 radical (unpaired) electrons.